The van der Waals surface area contributed by atoms with E-state index < -0.39 is 54.3 Å². The Bertz CT molecular complexity index is 2180. The quantitative estimate of drug-likeness (QED) is 0.194. The molecule has 19 atom stereocenters. The van der Waals surface area contributed by atoms with Crippen LogP contribution in [0.15, 0.2) is 85.0 Å². The Kier molecular flexibility index (Phi) is 13.3. The highest BCUT2D eigenvalue weighted by molar-refractivity contribution is 5.90. The molecule has 68 heavy (non-hydrogen) atoms. The predicted molar refractivity (Wildman–Crippen MR) is 244 cm³/mol. The third-order valence-electron chi connectivity index (χ3n) is 16.4. The SMILES string of the molecule is C=C1CC2CC[C@@]34CC5OC6C(O3)[C@H]3OC(CCC3O[C@H]6C5O4)CC(=O)CC3[C@@H](OC)C(CC(COC(=O)c4ccccc4)OC(=O)c4ccccc4)O[C@H]3CC3OC(CCC1O2)CC(C)C3=C. The molecule has 0 saturated carbocycles. The first kappa shape index (κ1) is 46.5. The van der Waals surface area contributed by atoms with E-state index >= 15 is 0 Å². The Morgan fingerprint density at radius 2 is 1.38 bits per heavy atom. The van der Waals surface area contributed by atoms with Gasteiger partial charge in [0, 0.05) is 51.6 Å². The van der Waals surface area contributed by atoms with E-state index in [9.17, 15) is 14.4 Å². The Balaban J connectivity index is 0.864. The fourth-order valence-electron chi connectivity index (χ4n) is 12.9. The molecule has 366 valence electrons. The molecular formula is C54H66O14. The molecule has 10 aliphatic rings. The van der Waals surface area contributed by atoms with Crippen molar-refractivity contribution in [1.29, 1.82) is 0 Å². The molecule has 14 nitrogen and oxygen atoms in total. The highest BCUT2D eigenvalue weighted by Crippen LogP contribution is 2.54. The summed E-state index contributed by atoms with van der Waals surface area (Å²) in [5.74, 6) is -2.09. The number of hydrogen-bond acceptors (Lipinski definition) is 14. The van der Waals surface area contributed by atoms with Gasteiger partial charge in [0.1, 0.15) is 49.0 Å². The van der Waals surface area contributed by atoms with E-state index in [2.05, 4.69) is 20.1 Å². The molecule has 10 fully saturated rings. The Morgan fingerprint density at radius 3 is 2.16 bits per heavy atom. The maximum Gasteiger partial charge on any atom is 0.338 e. The molecule has 10 saturated heterocycles. The monoisotopic (exact) mass is 938 g/mol. The van der Waals surface area contributed by atoms with Crippen molar-refractivity contribution in [3.63, 3.8) is 0 Å². The number of carbonyl (C=O) groups is 3. The van der Waals surface area contributed by atoms with Gasteiger partial charge in [-0.1, -0.05) is 56.5 Å². The number of fused-ring (bicyclic) bond motifs is 6. The smallest absolute Gasteiger partial charge is 0.338 e. The second kappa shape index (κ2) is 19.4. The van der Waals surface area contributed by atoms with Crippen LogP contribution < -0.4 is 0 Å². The third-order valence-corrected chi connectivity index (χ3v) is 16.4. The second-order valence-electron chi connectivity index (χ2n) is 20.9. The lowest BCUT2D eigenvalue weighted by Gasteiger charge is -2.47. The van der Waals surface area contributed by atoms with Crippen LogP contribution in [0.2, 0.25) is 0 Å². The van der Waals surface area contributed by atoms with Crippen molar-refractivity contribution >= 4 is 17.7 Å². The van der Waals surface area contributed by atoms with Crippen LogP contribution in [-0.4, -0.2) is 135 Å². The minimum atomic E-state index is -0.900. The van der Waals surface area contributed by atoms with Crippen LogP contribution in [0.4, 0.5) is 0 Å². The summed E-state index contributed by atoms with van der Waals surface area (Å²) < 4.78 is 73.0. The van der Waals surface area contributed by atoms with Crippen LogP contribution in [0.25, 0.3) is 0 Å². The van der Waals surface area contributed by atoms with Gasteiger partial charge >= 0.3 is 11.9 Å². The van der Waals surface area contributed by atoms with Gasteiger partial charge in [0.05, 0.1) is 72.2 Å². The first-order valence-corrected chi connectivity index (χ1v) is 25.2. The second-order valence-corrected chi connectivity index (χ2v) is 20.9. The number of hydrogen-bond donors (Lipinski definition) is 0. The van der Waals surface area contributed by atoms with Gasteiger partial charge in [0.2, 0.25) is 0 Å². The average molecular weight is 939 g/mol. The van der Waals surface area contributed by atoms with Crippen molar-refractivity contribution in [1.82, 2.24) is 0 Å². The van der Waals surface area contributed by atoms with Crippen molar-refractivity contribution < 1.29 is 66.5 Å². The van der Waals surface area contributed by atoms with Crippen LogP contribution in [0, 0.1) is 11.8 Å². The number of carbonyl (C=O) groups excluding carboxylic acids is 3. The van der Waals surface area contributed by atoms with Crippen LogP contribution >= 0.6 is 0 Å². The van der Waals surface area contributed by atoms with E-state index in [1.807, 2.05) is 12.1 Å². The van der Waals surface area contributed by atoms with Gasteiger partial charge in [-0.25, -0.2) is 9.59 Å². The van der Waals surface area contributed by atoms with Crippen LogP contribution in [0.5, 0.6) is 0 Å². The molecule has 0 radical (unpaired) electrons. The van der Waals surface area contributed by atoms with Crippen molar-refractivity contribution in [2.24, 2.45) is 11.8 Å². The van der Waals surface area contributed by atoms with Crippen LogP contribution in [0.3, 0.4) is 0 Å². The first-order valence-electron chi connectivity index (χ1n) is 25.2. The molecule has 12 rings (SSSR count). The van der Waals surface area contributed by atoms with Crippen LogP contribution in [0.1, 0.15) is 111 Å². The zero-order valence-corrected chi connectivity index (χ0v) is 39.2. The summed E-state index contributed by atoms with van der Waals surface area (Å²) in [6, 6.07) is 17.4. The summed E-state index contributed by atoms with van der Waals surface area (Å²) in [6.07, 6.45) is 2.39. The predicted octanol–water partition coefficient (Wildman–Crippen LogP) is 7.20. The fraction of sp³-hybridized carbons (Fsp3) is 0.648. The molecule has 2 aromatic carbocycles. The molecule has 14 unspecified atom stereocenters. The number of rotatable bonds is 8. The summed E-state index contributed by atoms with van der Waals surface area (Å²) in [7, 11) is 1.62. The third kappa shape index (κ3) is 9.30. The van der Waals surface area contributed by atoms with Crippen LogP contribution in [-0.2, 0) is 56.9 Å². The molecule has 12 bridgehead atoms. The highest BCUT2D eigenvalue weighted by atomic mass is 16.8. The molecule has 0 aromatic heterocycles. The molecule has 1 spiro atoms. The summed E-state index contributed by atoms with van der Waals surface area (Å²) in [5.41, 5.74) is 2.84. The van der Waals surface area contributed by atoms with E-state index in [1.165, 1.54) is 0 Å². The number of methoxy groups -OCH3 is 1. The van der Waals surface area contributed by atoms with E-state index in [0.29, 0.717) is 36.8 Å². The zero-order valence-electron chi connectivity index (χ0n) is 39.2. The minimum absolute atomic E-state index is 0.00377. The molecule has 0 amide bonds. The lowest BCUT2D eigenvalue weighted by molar-refractivity contribution is -0.292. The van der Waals surface area contributed by atoms with Gasteiger partial charge in [0.15, 0.2) is 5.79 Å². The summed E-state index contributed by atoms with van der Waals surface area (Å²) >= 11 is 0. The zero-order chi connectivity index (χ0) is 46.7. The normalized spacial score (nSPS) is 42.5. The van der Waals surface area contributed by atoms with Gasteiger partial charge in [0.25, 0.3) is 0 Å². The summed E-state index contributed by atoms with van der Waals surface area (Å²) in [6.45, 7) is 11.0. The van der Waals surface area contributed by atoms with Gasteiger partial charge in [-0.2, -0.15) is 0 Å². The number of ether oxygens (including phenoxy) is 11. The Labute approximate surface area is 398 Å². The molecule has 10 heterocycles. The van der Waals surface area contributed by atoms with Crippen molar-refractivity contribution in [3.8, 4) is 0 Å². The molecule has 14 heteroatoms. The largest absolute Gasteiger partial charge is 0.458 e. The summed E-state index contributed by atoms with van der Waals surface area (Å²) in [4.78, 5) is 41.3. The van der Waals surface area contributed by atoms with E-state index in [-0.39, 0.29) is 105 Å². The van der Waals surface area contributed by atoms with Crippen molar-refractivity contribution in [2.75, 3.05) is 13.7 Å². The minimum Gasteiger partial charge on any atom is -0.458 e. The maximum absolute atomic E-state index is 14.6. The summed E-state index contributed by atoms with van der Waals surface area (Å²) in [5, 5.41) is 0. The first-order chi connectivity index (χ1) is 33.0. The van der Waals surface area contributed by atoms with Crippen molar-refractivity contribution in [2.45, 2.75) is 194 Å². The molecule has 0 N–H and O–H groups in total. The molecular weight excluding hydrogens is 873 g/mol. The van der Waals surface area contributed by atoms with Crippen molar-refractivity contribution in [3.05, 3.63) is 96.1 Å². The number of esters is 2. The highest BCUT2D eigenvalue weighted by Gasteiger charge is 2.69. The molecule has 2 aromatic rings. The van der Waals surface area contributed by atoms with Gasteiger partial charge in [-0.05, 0) is 86.3 Å². The van der Waals surface area contributed by atoms with E-state index in [1.54, 1.807) is 55.6 Å². The van der Waals surface area contributed by atoms with E-state index in [4.69, 9.17) is 52.1 Å². The number of ketones is 1. The van der Waals surface area contributed by atoms with E-state index in [0.717, 1.165) is 49.7 Å². The fourth-order valence-corrected chi connectivity index (χ4v) is 12.9. The Hall–Kier alpha value is -3.83. The lowest BCUT2D eigenvalue weighted by atomic mass is 9.81. The van der Waals surface area contributed by atoms with Gasteiger partial charge < -0.3 is 52.1 Å². The van der Waals surface area contributed by atoms with Gasteiger partial charge in [-0.3, -0.25) is 4.79 Å². The number of benzene rings is 2. The van der Waals surface area contributed by atoms with Gasteiger partial charge in [-0.15, -0.1) is 0 Å². The number of Topliss-reactive ketones (excluding diaryl/α,β-unsaturated/α-hetero) is 1. The maximum atomic E-state index is 14.6. The topological polar surface area (TPSA) is 153 Å². The molecule has 10 aliphatic heterocycles. The molecule has 0 aliphatic carbocycles. The lowest BCUT2D eigenvalue weighted by Crippen LogP contribution is -2.61. The Morgan fingerprint density at radius 1 is 0.691 bits per heavy atom. The standard InChI is InChI=1S/C54H66O14/c1-29-21-35-15-17-40-30(2)22-37(60-40)19-20-54-27-45-48(67-54)49-50(66-45)51(68-54)47-41(65-49)18-16-36(62-47)23-34(55)24-39-43(26-42(61-35)31(29)3)64-44(46(39)58-4)25-38(63-53(57)33-13-9-6-10-14-33)28-59-52(56)32-11-7-5-8-12-32/h5-14,29,35-51H,2-3,15-28H2,1,4H3/t29?,35?,36?,37?,38?,39?,40?,41?,42?,43-,44?,45?,46+,47-,48?,49-,50?,51?,54-/m0/s1. The average Bonchev–Trinajstić information content (AvgIpc) is 4.02.